The van der Waals surface area contributed by atoms with Gasteiger partial charge in [-0.15, -0.1) is 0 Å². The van der Waals surface area contributed by atoms with Crippen molar-refractivity contribution in [2.24, 2.45) is 5.92 Å². The minimum atomic E-state index is -3.65. The van der Waals surface area contributed by atoms with E-state index < -0.39 is 10.0 Å². The molecule has 2 fully saturated rings. The van der Waals surface area contributed by atoms with E-state index in [0.717, 1.165) is 38.2 Å². The first-order valence-electron chi connectivity index (χ1n) is 12.2. The van der Waals surface area contributed by atoms with Crippen molar-refractivity contribution in [2.45, 2.75) is 50.8 Å². The Morgan fingerprint density at radius 2 is 1.66 bits per heavy atom. The van der Waals surface area contributed by atoms with Gasteiger partial charge < -0.3 is 15.1 Å². The quantitative estimate of drug-likeness (QED) is 0.575. The number of amides is 1. The van der Waals surface area contributed by atoms with Crippen molar-refractivity contribution in [3.8, 4) is 0 Å². The summed E-state index contributed by atoms with van der Waals surface area (Å²) in [6.45, 7) is 10.7. The van der Waals surface area contributed by atoms with Crippen LogP contribution in [0.2, 0.25) is 0 Å². The normalized spacial score (nSPS) is 18.4. The number of hydrogen-bond donors (Lipinski definition) is 1. The smallest absolute Gasteiger partial charge is 0.243 e. The van der Waals surface area contributed by atoms with Crippen molar-refractivity contribution in [2.75, 3.05) is 58.9 Å². The number of rotatable bonds is 10. The summed E-state index contributed by atoms with van der Waals surface area (Å²) in [4.78, 5) is 17.2. The lowest BCUT2D eigenvalue weighted by atomic mass is 10.0. The molecule has 32 heavy (non-hydrogen) atoms. The number of piperidine rings is 1. The molecule has 2 aliphatic rings. The molecule has 8 heteroatoms. The molecule has 0 atom stereocenters. The van der Waals surface area contributed by atoms with Crippen LogP contribution in [0.5, 0.6) is 0 Å². The number of nitrogens with zero attached hydrogens (tertiary/aromatic N) is 3. The van der Waals surface area contributed by atoms with E-state index in [9.17, 15) is 13.2 Å². The first-order chi connectivity index (χ1) is 15.4. The first-order valence-corrected chi connectivity index (χ1v) is 13.6. The number of hydrogen-bond acceptors (Lipinski definition) is 5. The zero-order chi connectivity index (χ0) is 23.0. The van der Waals surface area contributed by atoms with Crippen molar-refractivity contribution in [3.05, 3.63) is 29.8 Å². The van der Waals surface area contributed by atoms with Gasteiger partial charge in [0.1, 0.15) is 0 Å². The molecule has 1 aromatic rings. The van der Waals surface area contributed by atoms with Gasteiger partial charge in [0.2, 0.25) is 15.9 Å². The van der Waals surface area contributed by atoms with Crippen molar-refractivity contribution in [3.63, 3.8) is 0 Å². The van der Waals surface area contributed by atoms with Crippen LogP contribution in [-0.2, 0) is 21.2 Å². The average molecular weight is 465 g/mol. The molecule has 0 saturated carbocycles. The molecule has 7 nitrogen and oxygen atoms in total. The largest absolute Gasteiger partial charge is 0.340 e. The van der Waals surface area contributed by atoms with Gasteiger partial charge in [-0.05, 0) is 56.0 Å². The summed E-state index contributed by atoms with van der Waals surface area (Å²) >= 11 is 0. The Morgan fingerprint density at radius 1 is 1.00 bits per heavy atom. The number of likely N-dealkylation sites (tertiary alicyclic amines) is 1. The Morgan fingerprint density at radius 3 is 2.28 bits per heavy atom. The van der Waals surface area contributed by atoms with E-state index in [2.05, 4.69) is 24.1 Å². The SMILES string of the molecule is CC(C)Cc1ccc(S(=O)(=O)N(CCC(=O)N2CCNCC2)CCN2CCCCC2)cc1. The second-order valence-corrected chi connectivity index (χ2v) is 11.4. The Kier molecular flexibility index (Phi) is 9.52. The molecule has 180 valence electrons. The highest BCUT2D eigenvalue weighted by atomic mass is 32.2. The van der Waals surface area contributed by atoms with E-state index >= 15 is 0 Å². The standard InChI is InChI=1S/C24H40N4O3S/c1-21(2)20-22-6-8-23(9-7-22)32(30,31)28(19-18-26-13-4-3-5-14-26)15-10-24(29)27-16-11-25-12-17-27/h6-9,21,25H,3-5,10-20H2,1-2H3. The van der Waals surface area contributed by atoms with Gasteiger partial charge in [-0.25, -0.2) is 8.42 Å². The van der Waals surface area contributed by atoms with E-state index in [1.807, 2.05) is 17.0 Å². The maximum atomic E-state index is 13.5. The highest BCUT2D eigenvalue weighted by molar-refractivity contribution is 7.89. The number of sulfonamides is 1. The van der Waals surface area contributed by atoms with Crippen LogP contribution < -0.4 is 5.32 Å². The number of carbonyl (C=O) groups is 1. The molecule has 0 spiro atoms. The second-order valence-electron chi connectivity index (χ2n) is 9.43. The van der Waals surface area contributed by atoms with Crippen LogP contribution >= 0.6 is 0 Å². The van der Waals surface area contributed by atoms with Crippen LogP contribution in [-0.4, -0.2) is 87.3 Å². The topological polar surface area (TPSA) is 73.0 Å². The summed E-state index contributed by atoms with van der Waals surface area (Å²) < 4.78 is 28.5. The van der Waals surface area contributed by atoms with Crippen LogP contribution in [0.15, 0.2) is 29.2 Å². The average Bonchev–Trinajstić information content (AvgIpc) is 2.80. The Labute approximate surface area is 194 Å². The van der Waals surface area contributed by atoms with Crippen LogP contribution in [0.3, 0.4) is 0 Å². The van der Waals surface area contributed by atoms with Crippen LogP contribution in [0.4, 0.5) is 0 Å². The fraction of sp³-hybridized carbons (Fsp3) is 0.708. The zero-order valence-corrected chi connectivity index (χ0v) is 20.6. The van der Waals surface area contributed by atoms with E-state index in [0.29, 0.717) is 37.0 Å². The third-order valence-corrected chi connectivity index (χ3v) is 8.28. The molecular weight excluding hydrogens is 424 g/mol. The van der Waals surface area contributed by atoms with E-state index in [-0.39, 0.29) is 18.9 Å². The number of benzene rings is 1. The first kappa shape index (κ1) is 25.1. The van der Waals surface area contributed by atoms with Crippen molar-refractivity contribution in [1.29, 1.82) is 0 Å². The molecular formula is C24H40N4O3S. The molecule has 0 unspecified atom stereocenters. The molecule has 2 aliphatic heterocycles. The molecule has 3 rings (SSSR count). The highest BCUT2D eigenvalue weighted by Gasteiger charge is 2.27. The maximum absolute atomic E-state index is 13.5. The van der Waals surface area contributed by atoms with Gasteiger partial charge in [-0.2, -0.15) is 4.31 Å². The highest BCUT2D eigenvalue weighted by Crippen LogP contribution is 2.19. The maximum Gasteiger partial charge on any atom is 0.243 e. The molecule has 2 heterocycles. The molecule has 1 N–H and O–H groups in total. The van der Waals surface area contributed by atoms with Gasteiger partial charge in [0.25, 0.3) is 0 Å². The second kappa shape index (κ2) is 12.1. The third kappa shape index (κ3) is 7.27. The number of nitrogens with one attached hydrogen (secondary N) is 1. The van der Waals surface area contributed by atoms with Crippen molar-refractivity contribution >= 4 is 15.9 Å². The van der Waals surface area contributed by atoms with Crippen LogP contribution in [0.25, 0.3) is 0 Å². The summed E-state index contributed by atoms with van der Waals surface area (Å²) in [6, 6.07) is 7.28. The fourth-order valence-electron chi connectivity index (χ4n) is 4.50. The molecule has 0 bridgehead atoms. The minimum absolute atomic E-state index is 0.0388. The zero-order valence-electron chi connectivity index (χ0n) is 19.8. The Hall–Kier alpha value is -1.48. The molecule has 0 radical (unpaired) electrons. The minimum Gasteiger partial charge on any atom is -0.340 e. The van der Waals surface area contributed by atoms with Gasteiger partial charge >= 0.3 is 0 Å². The summed E-state index contributed by atoms with van der Waals surface area (Å²) in [5.74, 6) is 0.562. The van der Waals surface area contributed by atoms with E-state index in [1.165, 1.54) is 23.6 Å². The Bertz CT molecular complexity index is 814. The van der Waals surface area contributed by atoms with E-state index in [4.69, 9.17) is 0 Å². The summed E-state index contributed by atoms with van der Waals surface area (Å²) in [7, 11) is -3.65. The predicted octanol–water partition coefficient (Wildman–Crippen LogP) is 2.18. The van der Waals surface area contributed by atoms with Crippen LogP contribution in [0.1, 0.15) is 45.1 Å². The monoisotopic (exact) mass is 464 g/mol. The third-order valence-electron chi connectivity index (χ3n) is 6.36. The van der Waals surface area contributed by atoms with Gasteiger partial charge in [0, 0.05) is 52.2 Å². The summed E-state index contributed by atoms with van der Waals surface area (Å²) in [5, 5.41) is 3.25. The molecule has 0 aromatic heterocycles. The van der Waals surface area contributed by atoms with Gasteiger partial charge in [-0.1, -0.05) is 32.4 Å². The van der Waals surface area contributed by atoms with Crippen molar-refractivity contribution < 1.29 is 13.2 Å². The Balaban J connectivity index is 1.69. The van der Waals surface area contributed by atoms with Crippen molar-refractivity contribution in [1.82, 2.24) is 19.4 Å². The van der Waals surface area contributed by atoms with Crippen LogP contribution in [0, 0.1) is 5.92 Å². The van der Waals surface area contributed by atoms with Gasteiger partial charge in [-0.3, -0.25) is 4.79 Å². The lowest BCUT2D eigenvalue weighted by Crippen LogP contribution is -2.47. The van der Waals surface area contributed by atoms with Gasteiger partial charge in [0.15, 0.2) is 0 Å². The molecule has 2 saturated heterocycles. The summed E-state index contributed by atoms with van der Waals surface area (Å²) in [5.41, 5.74) is 1.15. The fourth-order valence-corrected chi connectivity index (χ4v) is 5.93. The van der Waals surface area contributed by atoms with E-state index in [1.54, 1.807) is 12.1 Å². The molecule has 1 amide bonds. The molecule has 1 aromatic carbocycles. The lowest BCUT2D eigenvalue weighted by Gasteiger charge is -2.31. The number of piperazine rings is 1. The number of carbonyl (C=O) groups excluding carboxylic acids is 1. The van der Waals surface area contributed by atoms with Gasteiger partial charge in [0.05, 0.1) is 4.90 Å². The molecule has 0 aliphatic carbocycles. The predicted molar refractivity (Wildman–Crippen MR) is 128 cm³/mol. The lowest BCUT2D eigenvalue weighted by molar-refractivity contribution is -0.131. The summed E-state index contributed by atoms with van der Waals surface area (Å²) in [6.07, 6.45) is 4.75.